The normalized spacial score (nSPS) is 11.2. The second-order valence-corrected chi connectivity index (χ2v) is 6.19. The molecule has 0 fully saturated rings. The van der Waals surface area contributed by atoms with Gasteiger partial charge in [0.15, 0.2) is 0 Å². The van der Waals surface area contributed by atoms with Crippen molar-refractivity contribution < 1.29 is 9.53 Å². The van der Waals surface area contributed by atoms with Crippen LogP contribution < -0.4 is 10.1 Å². The Morgan fingerprint density at radius 3 is 2.48 bits per heavy atom. The zero-order valence-electron chi connectivity index (χ0n) is 13.2. The van der Waals surface area contributed by atoms with Gasteiger partial charge in [-0.3, -0.25) is 4.79 Å². The summed E-state index contributed by atoms with van der Waals surface area (Å²) in [6.07, 6.45) is 4.61. The first-order valence-electron chi connectivity index (χ1n) is 7.61. The van der Waals surface area contributed by atoms with Crippen molar-refractivity contribution in [3.8, 4) is 5.75 Å². The number of carbonyl (C=O) groups is 1. The van der Waals surface area contributed by atoms with Gasteiger partial charge in [-0.1, -0.05) is 48.7 Å². The molecule has 0 spiro atoms. The van der Waals surface area contributed by atoms with Gasteiger partial charge in [-0.2, -0.15) is 0 Å². The number of hydrogen-bond acceptors (Lipinski definition) is 2. The molecule has 1 aromatic rings. The Bertz CT molecular complexity index is 442. The Kier molecular flexibility index (Phi) is 7.79. The summed E-state index contributed by atoms with van der Waals surface area (Å²) in [5, 5.41) is 3.73. The van der Waals surface area contributed by atoms with E-state index in [0.717, 1.165) is 42.5 Å². The van der Waals surface area contributed by atoms with E-state index in [-0.39, 0.29) is 11.3 Å². The summed E-state index contributed by atoms with van der Waals surface area (Å²) in [6.45, 7) is 6.63. The van der Waals surface area contributed by atoms with Crippen LogP contribution in [-0.4, -0.2) is 17.8 Å². The summed E-state index contributed by atoms with van der Waals surface area (Å²) in [5.41, 5.74) is 0.962. The molecule has 21 heavy (non-hydrogen) atoms. The average Bonchev–Trinajstić information content (AvgIpc) is 2.45. The van der Waals surface area contributed by atoms with Crippen LogP contribution in [-0.2, 0) is 4.79 Å². The lowest BCUT2D eigenvalue weighted by Gasteiger charge is -2.31. The number of ether oxygens (including phenoxy) is 1. The highest BCUT2D eigenvalue weighted by molar-refractivity contribution is 9.09. The molecule has 1 rings (SSSR count). The van der Waals surface area contributed by atoms with Gasteiger partial charge in [0.2, 0.25) is 5.91 Å². The van der Waals surface area contributed by atoms with Crippen LogP contribution in [0.5, 0.6) is 5.75 Å². The molecule has 118 valence electrons. The van der Waals surface area contributed by atoms with Crippen LogP contribution in [0.25, 0.3) is 0 Å². The number of carbonyl (C=O) groups excluding carboxylic acids is 1. The third-order valence-corrected chi connectivity index (χ3v) is 4.73. The molecule has 0 unspecified atom stereocenters. The lowest BCUT2D eigenvalue weighted by atomic mass is 9.82. The minimum absolute atomic E-state index is 0.0704. The van der Waals surface area contributed by atoms with Crippen molar-refractivity contribution >= 4 is 27.5 Å². The van der Waals surface area contributed by atoms with Crippen LogP contribution in [0.3, 0.4) is 0 Å². The average molecular weight is 356 g/mol. The molecule has 3 nitrogen and oxygen atoms in total. The number of halogens is 1. The molecule has 0 aromatic heterocycles. The summed E-state index contributed by atoms with van der Waals surface area (Å²) in [7, 11) is 0. The highest BCUT2D eigenvalue weighted by atomic mass is 79.9. The van der Waals surface area contributed by atoms with Crippen molar-refractivity contribution in [1.29, 1.82) is 0 Å². The molecule has 0 aliphatic carbocycles. The molecular weight excluding hydrogens is 330 g/mol. The zero-order chi connectivity index (χ0) is 15.7. The van der Waals surface area contributed by atoms with E-state index < -0.39 is 0 Å². The standard InChI is InChI=1S/C17H26BrNO2/c1-4-9-17(12-18,10-5-2)13-21-16-8-6-7-15(11-16)19-14(3)20/h6-8,11H,4-5,9-10,12-13H2,1-3H3,(H,19,20). The predicted molar refractivity (Wildman–Crippen MR) is 92.3 cm³/mol. The van der Waals surface area contributed by atoms with E-state index >= 15 is 0 Å². The number of anilines is 1. The minimum atomic E-state index is -0.0704. The van der Waals surface area contributed by atoms with Gasteiger partial charge in [0.25, 0.3) is 0 Å². The summed E-state index contributed by atoms with van der Waals surface area (Å²) in [5.74, 6) is 0.734. The van der Waals surface area contributed by atoms with Crippen molar-refractivity contribution in [3.05, 3.63) is 24.3 Å². The number of rotatable bonds is 9. The molecule has 1 N–H and O–H groups in total. The van der Waals surface area contributed by atoms with Crippen molar-refractivity contribution in [3.63, 3.8) is 0 Å². The van der Waals surface area contributed by atoms with E-state index in [1.54, 1.807) is 0 Å². The van der Waals surface area contributed by atoms with Crippen molar-refractivity contribution in [2.75, 3.05) is 17.3 Å². The maximum absolute atomic E-state index is 11.1. The number of benzene rings is 1. The van der Waals surface area contributed by atoms with Gasteiger partial charge in [0, 0.05) is 29.4 Å². The van der Waals surface area contributed by atoms with Crippen LogP contribution in [0.2, 0.25) is 0 Å². The first kappa shape index (κ1) is 18.0. The molecular formula is C17H26BrNO2. The molecule has 0 bridgehead atoms. The topological polar surface area (TPSA) is 38.3 Å². The summed E-state index contributed by atoms with van der Waals surface area (Å²) in [4.78, 5) is 11.1. The SMILES string of the molecule is CCCC(CBr)(CCC)COc1cccc(NC(C)=O)c1. The Labute approximate surface area is 136 Å². The van der Waals surface area contributed by atoms with Gasteiger partial charge in [-0.05, 0) is 25.0 Å². The Morgan fingerprint density at radius 2 is 1.95 bits per heavy atom. The lowest BCUT2D eigenvalue weighted by Crippen LogP contribution is -2.30. The monoisotopic (exact) mass is 355 g/mol. The summed E-state index contributed by atoms with van der Waals surface area (Å²) < 4.78 is 6.01. The second-order valence-electron chi connectivity index (χ2n) is 5.63. The van der Waals surface area contributed by atoms with E-state index in [0.29, 0.717) is 6.61 Å². The molecule has 0 aliphatic rings. The van der Waals surface area contributed by atoms with Crippen LogP contribution >= 0.6 is 15.9 Å². The van der Waals surface area contributed by atoms with E-state index in [1.807, 2.05) is 24.3 Å². The van der Waals surface area contributed by atoms with Crippen molar-refractivity contribution in [2.45, 2.75) is 46.5 Å². The van der Waals surface area contributed by atoms with Crippen LogP contribution in [0.15, 0.2) is 24.3 Å². The molecule has 0 radical (unpaired) electrons. The van der Waals surface area contributed by atoms with Crippen LogP contribution in [0, 0.1) is 5.41 Å². The number of hydrogen-bond donors (Lipinski definition) is 1. The molecule has 1 aromatic carbocycles. The summed E-state index contributed by atoms with van der Waals surface area (Å²) in [6, 6.07) is 7.57. The molecule has 0 heterocycles. The number of alkyl halides is 1. The van der Waals surface area contributed by atoms with Crippen LogP contribution in [0.1, 0.15) is 46.5 Å². The maximum atomic E-state index is 11.1. The van der Waals surface area contributed by atoms with Gasteiger partial charge >= 0.3 is 0 Å². The maximum Gasteiger partial charge on any atom is 0.221 e. The van der Waals surface area contributed by atoms with Gasteiger partial charge < -0.3 is 10.1 Å². The predicted octanol–water partition coefficient (Wildman–Crippen LogP) is 5.01. The Morgan fingerprint density at radius 1 is 1.29 bits per heavy atom. The first-order chi connectivity index (χ1) is 10.0. The van der Waals surface area contributed by atoms with Gasteiger partial charge in [-0.25, -0.2) is 0 Å². The lowest BCUT2D eigenvalue weighted by molar-refractivity contribution is -0.114. The quantitative estimate of drug-likeness (QED) is 0.632. The van der Waals surface area contributed by atoms with E-state index in [2.05, 4.69) is 35.1 Å². The Hall–Kier alpha value is -1.03. The molecule has 1 amide bonds. The largest absolute Gasteiger partial charge is 0.493 e. The molecule has 4 heteroatoms. The highest BCUT2D eigenvalue weighted by Gasteiger charge is 2.28. The van der Waals surface area contributed by atoms with E-state index in [4.69, 9.17) is 4.74 Å². The molecule has 0 atom stereocenters. The minimum Gasteiger partial charge on any atom is -0.493 e. The third kappa shape index (κ3) is 6.08. The van der Waals surface area contributed by atoms with Crippen LogP contribution in [0.4, 0.5) is 5.69 Å². The van der Waals surface area contributed by atoms with E-state index in [1.165, 1.54) is 6.92 Å². The third-order valence-electron chi connectivity index (χ3n) is 3.54. The molecule has 0 saturated carbocycles. The highest BCUT2D eigenvalue weighted by Crippen LogP contribution is 2.33. The van der Waals surface area contributed by atoms with Gasteiger partial charge in [0.1, 0.15) is 5.75 Å². The second kappa shape index (κ2) is 9.08. The summed E-state index contributed by atoms with van der Waals surface area (Å²) >= 11 is 3.66. The molecule has 0 aliphatic heterocycles. The van der Waals surface area contributed by atoms with Gasteiger partial charge in [-0.15, -0.1) is 0 Å². The van der Waals surface area contributed by atoms with Crippen molar-refractivity contribution in [1.82, 2.24) is 0 Å². The fourth-order valence-corrected chi connectivity index (χ4v) is 3.33. The van der Waals surface area contributed by atoms with E-state index in [9.17, 15) is 4.79 Å². The smallest absolute Gasteiger partial charge is 0.221 e. The van der Waals surface area contributed by atoms with Gasteiger partial charge in [0.05, 0.1) is 6.61 Å². The number of nitrogens with one attached hydrogen (secondary N) is 1. The number of amides is 1. The molecule has 0 saturated heterocycles. The fraction of sp³-hybridized carbons (Fsp3) is 0.588. The fourth-order valence-electron chi connectivity index (χ4n) is 2.61. The Balaban J connectivity index is 2.72. The zero-order valence-corrected chi connectivity index (χ0v) is 14.8. The van der Waals surface area contributed by atoms with Crippen molar-refractivity contribution in [2.24, 2.45) is 5.41 Å². The first-order valence-corrected chi connectivity index (χ1v) is 8.74.